The average Bonchev–Trinajstić information content (AvgIpc) is 3.23. The molecule has 0 amide bonds. The molecule has 0 bridgehead atoms. The van der Waals surface area contributed by atoms with E-state index in [2.05, 4.69) is 15.3 Å². The van der Waals surface area contributed by atoms with Crippen LogP contribution in [0.4, 0.5) is 10.5 Å². The smallest absolute Gasteiger partial charge is 0.491 e. The molecule has 0 saturated heterocycles. The summed E-state index contributed by atoms with van der Waals surface area (Å²) in [6, 6.07) is 8.53. The highest BCUT2D eigenvalue weighted by Gasteiger charge is 2.37. The summed E-state index contributed by atoms with van der Waals surface area (Å²) in [5.41, 5.74) is 1.92. The number of esters is 1. The lowest BCUT2D eigenvalue weighted by atomic mass is 9.74. The van der Waals surface area contributed by atoms with Crippen molar-refractivity contribution in [3.05, 3.63) is 57.9 Å². The van der Waals surface area contributed by atoms with Gasteiger partial charge >= 0.3 is 12.1 Å². The van der Waals surface area contributed by atoms with Gasteiger partial charge in [0.15, 0.2) is 0 Å². The van der Waals surface area contributed by atoms with Gasteiger partial charge in [0, 0.05) is 25.1 Å². The van der Waals surface area contributed by atoms with Crippen molar-refractivity contribution in [3.8, 4) is 22.9 Å². The van der Waals surface area contributed by atoms with E-state index in [9.17, 15) is 19.7 Å². The summed E-state index contributed by atoms with van der Waals surface area (Å²) in [6.07, 6.45) is 0.713. The number of rotatable bonds is 9. The molecule has 37 heavy (non-hydrogen) atoms. The van der Waals surface area contributed by atoms with E-state index in [1.165, 1.54) is 36.1 Å². The number of methoxy groups -OCH3 is 1. The highest BCUT2D eigenvalue weighted by Crippen LogP contribution is 2.36. The van der Waals surface area contributed by atoms with Crippen molar-refractivity contribution in [1.82, 2.24) is 20.0 Å². The number of nitro benzene ring substituents is 1. The molecule has 0 aliphatic heterocycles. The van der Waals surface area contributed by atoms with Gasteiger partial charge in [-0.25, -0.2) is 14.5 Å². The van der Waals surface area contributed by atoms with Gasteiger partial charge in [-0.1, -0.05) is 5.21 Å². The predicted octanol–water partition coefficient (Wildman–Crippen LogP) is 3.39. The fourth-order valence-corrected chi connectivity index (χ4v) is 3.89. The third-order valence-electron chi connectivity index (χ3n) is 6.17. The van der Waals surface area contributed by atoms with Gasteiger partial charge in [0.1, 0.15) is 29.5 Å². The molecule has 0 unspecified atom stereocenters. The van der Waals surface area contributed by atoms with Crippen LogP contribution >= 0.6 is 0 Å². The number of hydrogen-bond donors (Lipinski definition) is 0. The van der Waals surface area contributed by atoms with E-state index in [0.29, 0.717) is 35.1 Å². The van der Waals surface area contributed by atoms with Crippen LogP contribution in [0.15, 0.2) is 36.4 Å². The van der Waals surface area contributed by atoms with Crippen LogP contribution in [0.1, 0.15) is 24.2 Å². The minimum atomic E-state index is -0.991. The molecule has 1 fully saturated rings. The Morgan fingerprint density at radius 1 is 1.16 bits per heavy atom. The maximum Gasteiger partial charge on any atom is 0.514 e. The zero-order chi connectivity index (χ0) is 26.5. The second-order valence-electron chi connectivity index (χ2n) is 8.46. The largest absolute Gasteiger partial charge is 0.514 e. The molecule has 2 atom stereocenters. The van der Waals surface area contributed by atoms with Gasteiger partial charge < -0.3 is 18.9 Å². The minimum absolute atomic E-state index is 0.103. The van der Waals surface area contributed by atoms with Crippen LogP contribution in [0.25, 0.3) is 11.4 Å². The standard InChI is InChI=1S/C24H25N5O8/c1-14-21(35-12-15-4-9-18(15)23(30)34-3)11-10-19(25-14)22-20(28(2)27-26-22)13-36-24(31)37-17-7-5-16(6-8-17)29(32)33/h5-8,10-11,15,18H,4,9,12-13H2,1-3H3/t15-,18+/m0/s1. The lowest BCUT2D eigenvalue weighted by molar-refractivity contribution is -0.384. The third kappa shape index (κ3) is 5.82. The fraction of sp³-hybridized carbons (Fsp3) is 0.375. The highest BCUT2D eigenvalue weighted by molar-refractivity contribution is 5.73. The van der Waals surface area contributed by atoms with Crippen LogP contribution in [-0.2, 0) is 27.9 Å². The Bertz CT molecular complexity index is 1310. The lowest BCUT2D eigenvalue weighted by Gasteiger charge is -2.34. The third-order valence-corrected chi connectivity index (χ3v) is 6.17. The van der Waals surface area contributed by atoms with Gasteiger partial charge in [0.05, 0.1) is 35.9 Å². The molecule has 3 aromatic rings. The first kappa shape index (κ1) is 25.5. The van der Waals surface area contributed by atoms with Crippen LogP contribution in [-0.4, -0.2) is 50.7 Å². The van der Waals surface area contributed by atoms with Crippen LogP contribution in [0.3, 0.4) is 0 Å². The van der Waals surface area contributed by atoms with Crippen LogP contribution in [0, 0.1) is 28.9 Å². The Labute approximate surface area is 211 Å². The molecule has 4 rings (SSSR count). The van der Waals surface area contributed by atoms with Crippen molar-refractivity contribution in [2.45, 2.75) is 26.4 Å². The molecule has 2 aromatic heterocycles. The monoisotopic (exact) mass is 511 g/mol. The number of aromatic nitrogens is 4. The van der Waals surface area contributed by atoms with Crippen molar-refractivity contribution < 1.29 is 33.5 Å². The molecule has 1 aromatic carbocycles. The van der Waals surface area contributed by atoms with E-state index in [1.807, 2.05) is 0 Å². The first-order valence-electron chi connectivity index (χ1n) is 11.4. The average molecular weight is 511 g/mol. The first-order valence-corrected chi connectivity index (χ1v) is 11.4. The zero-order valence-electron chi connectivity index (χ0n) is 20.4. The molecule has 1 saturated carbocycles. The second-order valence-corrected chi connectivity index (χ2v) is 8.46. The molecule has 2 heterocycles. The number of carbonyl (C=O) groups is 2. The molecule has 194 valence electrons. The summed E-state index contributed by atoms with van der Waals surface area (Å²) >= 11 is 0. The van der Waals surface area contributed by atoms with Crippen molar-refractivity contribution in [3.63, 3.8) is 0 Å². The SMILES string of the molecule is COC(=O)[C@@H]1CC[C@H]1COc1ccc(-c2nnn(C)c2COC(=O)Oc2ccc([N+](=O)[O-])cc2)nc1C. The van der Waals surface area contributed by atoms with Gasteiger partial charge in [0.2, 0.25) is 0 Å². The maximum absolute atomic E-state index is 12.1. The van der Waals surface area contributed by atoms with E-state index in [0.717, 1.165) is 12.8 Å². The van der Waals surface area contributed by atoms with Gasteiger partial charge in [-0.2, -0.15) is 0 Å². The Balaban J connectivity index is 1.37. The normalized spacial score (nSPS) is 16.4. The molecule has 13 nitrogen and oxygen atoms in total. The van der Waals surface area contributed by atoms with E-state index in [-0.39, 0.29) is 35.8 Å². The molecule has 13 heteroatoms. The van der Waals surface area contributed by atoms with Crippen molar-refractivity contribution >= 4 is 17.8 Å². The predicted molar refractivity (Wildman–Crippen MR) is 127 cm³/mol. The van der Waals surface area contributed by atoms with Crippen molar-refractivity contribution in [1.29, 1.82) is 0 Å². The van der Waals surface area contributed by atoms with E-state index in [1.54, 1.807) is 26.1 Å². The molecular formula is C24H25N5O8. The highest BCUT2D eigenvalue weighted by atomic mass is 16.7. The van der Waals surface area contributed by atoms with Gasteiger partial charge in [-0.15, -0.1) is 5.10 Å². The van der Waals surface area contributed by atoms with E-state index >= 15 is 0 Å². The van der Waals surface area contributed by atoms with E-state index in [4.69, 9.17) is 18.9 Å². The Kier molecular flexibility index (Phi) is 7.60. The van der Waals surface area contributed by atoms with Crippen molar-refractivity contribution in [2.24, 2.45) is 18.9 Å². The lowest BCUT2D eigenvalue weighted by Crippen LogP contribution is -2.37. The second kappa shape index (κ2) is 11.0. The zero-order valence-corrected chi connectivity index (χ0v) is 20.4. The number of carbonyl (C=O) groups excluding carboxylic acids is 2. The topological polar surface area (TPSA) is 158 Å². The number of benzene rings is 1. The Hall–Kier alpha value is -4.55. The van der Waals surface area contributed by atoms with Gasteiger partial charge in [-0.3, -0.25) is 14.9 Å². The number of nitro groups is 1. The van der Waals surface area contributed by atoms with Crippen LogP contribution < -0.4 is 9.47 Å². The molecular weight excluding hydrogens is 486 g/mol. The summed E-state index contributed by atoms with van der Waals surface area (Å²) < 4.78 is 22.5. The number of ether oxygens (including phenoxy) is 4. The quantitative estimate of drug-likeness (QED) is 0.179. The first-order chi connectivity index (χ1) is 17.8. The summed E-state index contributed by atoms with van der Waals surface area (Å²) in [6.45, 7) is 1.99. The van der Waals surface area contributed by atoms with Gasteiger partial charge in [-0.05, 0) is 44.0 Å². The van der Waals surface area contributed by atoms with Crippen molar-refractivity contribution in [2.75, 3.05) is 13.7 Å². The maximum atomic E-state index is 12.1. The fourth-order valence-electron chi connectivity index (χ4n) is 3.89. The minimum Gasteiger partial charge on any atom is -0.491 e. The van der Waals surface area contributed by atoms with Gasteiger partial charge in [0.25, 0.3) is 5.69 Å². The summed E-state index contributed by atoms with van der Waals surface area (Å²) in [7, 11) is 3.04. The summed E-state index contributed by atoms with van der Waals surface area (Å²) in [5, 5.41) is 18.9. The number of nitrogens with zero attached hydrogens (tertiary/aromatic N) is 5. The number of hydrogen-bond acceptors (Lipinski definition) is 11. The van der Waals surface area contributed by atoms with E-state index < -0.39 is 11.1 Å². The van der Waals surface area contributed by atoms with Crippen LogP contribution in [0.2, 0.25) is 0 Å². The number of non-ortho nitro benzene ring substituents is 1. The number of aryl methyl sites for hydroxylation is 2. The molecule has 0 N–H and O–H groups in total. The van der Waals surface area contributed by atoms with Crippen LogP contribution in [0.5, 0.6) is 11.5 Å². The molecule has 0 radical (unpaired) electrons. The Morgan fingerprint density at radius 3 is 2.54 bits per heavy atom. The summed E-state index contributed by atoms with van der Waals surface area (Å²) in [5.74, 6) is 0.464. The number of pyridine rings is 1. The molecule has 0 spiro atoms. The summed E-state index contributed by atoms with van der Waals surface area (Å²) in [4.78, 5) is 38.7. The molecule has 1 aliphatic carbocycles. The molecule has 1 aliphatic rings. The Morgan fingerprint density at radius 2 is 1.92 bits per heavy atom.